The van der Waals surface area contributed by atoms with Crippen molar-refractivity contribution in [3.05, 3.63) is 33.2 Å². The van der Waals surface area contributed by atoms with E-state index in [1.165, 1.54) is 11.3 Å². The van der Waals surface area contributed by atoms with E-state index in [1.807, 2.05) is 12.1 Å². The van der Waals surface area contributed by atoms with Crippen molar-refractivity contribution in [2.24, 2.45) is 0 Å². The standard InChI is InChI=1S/C14H17BrN2O2S.C13H15BrN2O2S/c1-19-11-7-6-9-13(12(11)15)20-14(17-9)16-8-4-2-3-5-10(8)18;14-11-10(18)6-5-8-12(11)19-13(16-8)15-7-3-1-2-4-9(7)17/h6-8,10,18H,2-5H2,1H3,(H,16,17);5-7,9,17-18H,1-4H2,(H,15,16)/t8-,10-;7-,9-/m11/s1. The Morgan fingerprint density at radius 1 is 0.769 bits per heavy atom. The highest BCUT2D eigenvalue weighted by Crippen LogP contribution is 2.39. The summed E-state index contributed by atoms with van der Waals surface area (Å²) in [6.45, 7) is 0. The van der Waals surface area contributed by atoms with Crippen molar-refractivity contribution in [3.8, 4) is 11.5 Å². The van der Waals surface area contributed by atoms with E-state index in [4.69, 9.17) is 4.74 Å². The molecule has 2 aliphatic rings. The fourth-order valence-electron chi connectivity index (χ4n) is 5.05. The number of nitrogens with one attached hydrogen (secondary N) is 2. The van der Waals surface area contributed by atoms with Gasteiger partial charge in [0.15, 0.2) is 10.3 Å². The van der Waals surface area contributed by atoms with Gasteiger partial charge in [0.2, 0.25) is 0 Å². The van der Waals surface area contributed by atoms with E-state index in [0.717, 1.165) is 92.3 Å². The average molecular weight is 701 g/mol. The first-order chi connectivity index (χ1) is 18.8. The van der Waals surface area contributed by atoms with E-state index in [9.17, 15) is 15.3 Å². The van der Waals surface area contributed by atoms with Gasteiger partial charge in [-0.15, -0.1) is 0 Å². The summed E-state index contributed by atoms with van der Waals surface area (Å²) in [6.07, 6.45) is 7.66. The van der Waals surface area contributed by atoms with Gasteiger partial charge in [0.1, 0.15) is 11.5 Å². The molecule has 0 radical (unpaired) electrons. The lowest BCUT2D eigenvalue weighted by atomic mass is 9.93. The normalized spacial score (nSPS) is 23.3. The van der Waals surface area contributed by atoms with Crippen LogP contribution in [-0.4, -0.2) is 56.7 Å². The minimum atomic E-state index is -0.294. The van der Waals surface area contributed by atoms with Crippen molar-refractivity contribution in [2.45, 2.75) is 75.7 Å². The second-order valence-corrected chi connectivity index (χ2v) is 13.5. The number of rotatable bonds is 5. The second-order valence-electron chi connectivity index (χ2n) is 9.92. The molecule has 0 spiro atoms. The zero-order chi connectivity index (χ0) is 27.5. The van der Waals surface area contributed by atoms with Crippen LogP contribution in [0.4, 0.5) is 10.3 Å². The molecule has 4 atom stereocenters. The van der Waals surface area contributed by atoms with Crippen molar-refractivity contribution in [1.29, 1.82) is 0 Å². The van der Waals surface area contributed by atoms with Gasteiger partial charge in [-0.3, -0.25) is 0 Å². The van der Waals surface area contributed by atoms with Crippen LogP contribution >= 0.6 is 54.5 Å². The highest BCUT2D eigenvalue weighted by Gasteiger charge is 2.25. The van der Waals surface area contributed by atoms with Crippen LogP contribution in [0.3, 0.4) is 0 Å². The van der Waals surface area contributed by atoms with Gasteiger partial charge in [-0.05, 0) is 81.8 Å². The largest absolute Gasteiger partial charge is 0.507 e. The summed E-state index contributed by atoms with van der Waals surface area (Å²) in [5.74, 6) is 1.03. The van der Waals surface area contributed by atoms with Gasteiger partial charge in [0.05, 0.1) is 60.8 Å². The summed E-state index contributed by atoms with van der Waals surface area (Å²) in [7, 11) is 1.66. The lowest BCUT2D eigenvalue weighted by Gasteiger charge is -2.27. The number of aromatic nitrogens is 2. The molecule has 0 aliphatic heterocycles. The maximum absolute atomic E-state index is 10.0. The van der Waals surface area contributed by atoms with Crippen molar-refractivity contribution in [1.82, 2.24) is 9.97 Å². The van der Waals surface area contributed by atoms with E-state index >= 15 is 0 Å². The number of phenolic OH excluding ortho intramolecular Hbond substituents is 1. The first-order valence-corrected chi connectivity index (χ1v) is 16.4. The maximum atomic E-state index is 10.0. The molecule has 2 heterocycles. The highest BCUT2D eigenvalue weighted by molar-refractivity contribution is 9.11. The Morgan fingerprint density at radius 2 is 1.26 bits per heavy atom. The SMILES string of the molecule is COc1ccc2nc(N[C@@H]3CCCC[C@H]3O)sc2c1Br.Oc1ccc2nc(N[C@@H]3CCCC[C@H]3O)sc2c1Br. The number of aliphatic hydroxyl groups is 2. The van der Waals surface area contributed by atoms with Crippen molar-refractivity contribution in [3.63, 3.8) is 0 Å². The molecule has 210 valence electrons. The zero-order valence-corrected chi connectivity index (χ0v) is 26.3. The molecule has 6 rings (SSSR count). The monoisotopic (exact) mass is 698 g/mol. The van der Waals surface area contributed by atoms with Gasteiger partial charge in [0.25, 0.3) is 0 Å². The number of thiazole rings is 2. The van der Waals surface area contributed by atoms with Crippen LogP contribution in [0.5, 0.6) is 11.5 Å². The number of ether oxygens (including phenoxy) is 1. The first-order valence-electron chi connectivity index (χ1n) is 13.1. The molecule has 0 unspecified atom stereocenters. The molecule has 12 heteroatoms. The summed E-state index contributed by atoms with van der Waals surface area (Å²) in [5, 5.41) is 38.0. The molecule has 0 amide bonds. The lowest BCUT2D eigenvalue weighted by molar-refractivity contribution is 0.116. The molecule has 2 aromatic carbocycles. The molecule has 4 aromatic rings. The number of aliphatic hydroxyl groups excluding tert-OH is 2. The second kappa shape index (κ2) is 12.9. The van der Waals surface area contributed by atoms with Gasteiger partial charge >= 0.3 is 0 Å². The van der Waals surface area contributed by atoms with E-state index < -0.39 is 0 Å². The van der Waals surface area contributed by atoms with Gasteiger partial charge in [0, 0.05) is 0 Å². The van der Waals surface area contributed by atoms with E-state index in [0.29, 0.717) is 4.47 Å². The van der Waals surface area contributed by atoms with Crippen LogP contribution < -0.4 is 15.4 Å². The number of methoxy groups -OCH3 is 1. The van der Waals surface area contributed by atoms with Crippen LogP contribution in [-0.2, 0) is 0 Å². The van der Waals surface area contributed by atoms with Crippen molar-refractivity contribution >= 4 is 85.2 Å². The number of hydrogen-bond acceptors (Lipinski definition) is 10. The fraction of sp³-hybridized carbons (Fsp3) is 0.481. The Morgan fingerprint density at radius 3 is 1.77 bits per heavy atom. The minimum absolute atomic E-state index is 0.0849. The Hall–Kier alpha value is -1.70. The Bertz CT molecular complexity index is 1430. The molecule has 2 aromatic heterocycles. The van der Waals surface area contributed by atoms with Gasteiger partial charge in [-0.2, -0.15) is 0 Å². The molecule has 0 bridgehead atoms. The summed E-state index contributed by atoms with van der Waals surface area (Å²) in [6, 6.07) is 7.50. The number of aromatic hydroxyl groups is 1. The third-order valence-electron chi connectivity index (χ3n) is 7.23. The van der Waals surface area contributed by atoms with Crippen molar-refractivity contribution in [2.75, 3.05) is 17.7 Å². The minimum Gasteiger partial charge on any atom is -0.507 e. The van der Waals surface area contributed by atoms with Crippen molar-refractivity contribution < 1.29 is 20.1 Å². The predicted molar refractivity (Wildman–Crippen MR) is 167 cm³/mol. The quantitative estimate of drug-likeness (QED) is 0.148. The molecule has 0 saturated heterocycles. The molecule has 2 saturated carbocycles. The van der Waals surface area contributed by atoms with Crippen LogP contribution in [0.2, 0.25) is 0 Å². The van der Waals surface area contributed by atoms with Crippen LogP contribution in [0.1, 0.15) is 51.4 Å². The van der Waals surface area contributed by atoms with Crippen LogP contribution in [0, 0.1) is 0 Å². The first kappa shape index (κ1) is 28.8. The molecule has 39 heavy (non-hydrogen) atoms. The molecular formula is C27H32Br2N4O4S2. The Kier molecular flexibility index (Phi) is 9.50. The number of fused-ring (bicyclic) bond motifs is 2. The number of hydrogen-bond donors (Lipinski definition) is 5. The molecule has 8 nitrogen and oxygen atoms in total. The van der Waals surface area contributed by atoms with Gasteiger partial charge < -0.3 is 30.7 Å². The third-order valence-corrected chi connectivity index (χ3v) is 11.4. The number of benzene rings is 2. The molecule has 2 aliphatic carbocycles. The maximum Gasteiger partial charge on any atom is 0.184 e. The highest BCUT2D eigenvalue weighted by atomic mass is 79.9. The lowest BCUT2D eigenvalue weighted by Crippen LogP contribution is -2.36. The summed E-state index contributed by atoms with van der Waals surface area (Å²) < 4.78 is 8.91. The molecule has 5 N–H and O–H groups in total. The summed E-state index contributed by atoms with van der Waals surface area (Å²) in [4.78, 5) is 9.09. The predicted octanol–water partition coefficient (Wildman–Crippen LogP) is 7.26. The molecular weight excluding hydrogens is 668 g/mol. The van der Waals surface area contributed by atoms with Crippen LogP contribution in [0.15, 0.2) is 33.2 Å². The summed E-state index contributed by atoms with van der Waals surface area (Å²) >= 11 is 10.0. The topological polar surface area (TPSA) is 120 Å². The summed E-state index contributed by atoms with van der Waals surface area (Å²) in [5.41, 5.74) is 1.79. The zero-order valence-electron chi connectivity index (χ0n) is 21.5. The fourth-order valence-corrected chi connectivity index (χ4v) is 8.28. The van der Waals surface area contributed by atoms with E-state index in [-0.39, 0.29) is 30.0 Å². The number of nitrogens with zero attached hydrogens (tertiary/aromatic N) is 2. The smallest absolute Gasteiger partial charge is 0.184 e. The number of phenols is 1. The Labute approximate surface area is 252 Å². The van der Waals surface area contributed by atoms with E-state index in [2.05, 4.69) is 52.5 Å². The van der Waals surface area contributed by atoms with Crippen LogP contribution in [0.25, 0.3) is 20.4 Å². The van der Waals surface area contributed by atoms with Gasteiger partial charge in [-0.25, -0.2) is 9.97 Å². The van der Waals surface area contributed by atoms with E-state index in [1.54, 1.807) is 30.6 Å². The number of anilines is 2. The number of halogens is 2. The third kappa shape index (κ3) is 6.62. The average Bonchev–Trinajstić information content (AvgIpc) is 3.54. The molecule has 2 fully saturated rings. The Balaban J connectivity index is 0.000000158. The van der Waals surface area contributed by atoms with Gasteiger partial charge in [-0.1, -0.05) is 48.4 Å².